The molecule has 4 rings (SSSR count). The van der Waals surface area contributed by atoms with Gasteiger partial charge in [0.25, 0.3) is 0 Å². The zero-order chi connectivity index (χ0) is 13.5. The van der Waals surface area contributed by atoms with Crippen molar-refractivity contribution in [2.75, 3.05) is 6.61 Å². The van der Waals surface area contributed by atoms with Gasteiger partial charge in [0.1, 0.15) is 5.92 Å². The maximum atomic E-state index is 11.9. The Kier molecular flexibility index (Phi) is 3.28. The van der Waals surface area contributed by atoms with Crippen LogP contribution in [0.1, 0.15) is 51.9 Å². The lowest BCUT2D eigenvalue weighted by atomic mass is 9.48. The normalized spacial score (nSPS) is 40.7. The Morgan fingerprint density at radius 2 is 1.79 bits per heavy atom. The molecule has 3 heteroatoms. The molecule has 0 aliphatic heterocycles. The lowest BCUT2D eigenvalue weighted by Crippen LogP contribution is -2.47. The van der Waals surface area contributed by atoms with Crippen molar-refractivity contribution in [3.8, 4) is 6.07 Å². The second kappa shape index (κ2) is 4.81. The molecule has 4 bridgehead atoms. The lowest BCUT2D eigenvalue weighted by molar-refractivity contribution is -0.149. The highest BCUT2D eigenvalue weighted by atomic mass is 16.5. The molecular formula is C16H23NO2. The van der Waals surface area contributed by atoms with Crippen LogP contribution in [0.5, 0.6) is 0 Å². The minimum absolute atomic E-state index is 0.280. The van der Waals surface area contributed by atoms with Gasteiger partial charge >= 0.3 is 5.97 Å². The molecule has 1 unspecified atom stereocenters. The van der Waals surface area contributed by atoms with Gasteiger partial charge in [0.05, 0.1) is 12.7 Å². The van der Waals surface area contributed by atoms with Crippen molar-refractivity contribution in [1.82, 2.24) is 0 Å². The Labute approximate surface area is 115 Å². The summed E-state index contributed by atoms with van der Waals surface area (Å²) in [5.74, 6) is 1.75. The Bertz CT molecular complexity index is 374. The van der Waals surface area contributed by atoms with Crippen molar-refractivity contribution in [3.05, 3.63) is 0 Å². The SMILES string of the molecule is CCOC(=O)C(C#N)CC12CC3CC(CC(C3)C1)C2. The molecule has 104 valence electrons. The van der Waals surface area contributed by atoms with E-state index in [1.807, 2.05) is 0 Å². The molecule has 3 nitrogen and oxygen atoms in total. The van der Waals surface area contributed by atoms with Crippen LogP contribution in [0.4, 0.5) is 0 Å². The molecule has 0 N–H and O–H groups in total. The van der Waals surface area contributed by atoms with Gasteiger partial charge in [-0.2, -0.15) is 5.26 Å². The number of hydrogen-bond donors (Lipinski definition) is 0. The Morgan fingerprint density at radius 3 is 2.21 bits per heavy atom. The average molecular weight is 261 g/mol. The highest BCUT2D eigenvalue weighted by molar-refractivity contribution is 5.75. The Hall–Kier alpha value is -1.04. The average Bonchev–Trinajstić information content (AvgIpc) is 2.34. The van der Waals surface area contributed by atoms with Crippen LogP contribution in [-0.4, -0.2) is 12.6 Å². The van der Waals surface area contributed by atoms with E-state index in [1.165, 1.54) is 38.5 Å². The summed E-state index contributed by atoms with van der Waals surface area (Å²) in [5.41, 5.74) is 0.280. The van der Waals surface area contributed by atoms with Crippen molar-refractivity contribution in [3.63, 3.8) is 0 Å². The molecule has 19 heavy (non-hydrogen) atoms. The van der Waals surface area contributed by atoms with Crippen LogP contribution in [0.25, 0.3) is 0 Å². The monoisotopic (exact) mass is 261 g/mol. The third-order valence-electron chi connectivity index (χ3n) is 5.53. The first-order chi connectivity index (χ1) is 9.14. The molecule has 0 heterocycles. The summed E-state index contributed by atoms with van der Waals surface area (Å²) in [7, 11) is 0. The van der Waals surface area contributed by atoms with Crippen LogP contribution in [0.2, 0.25) is 0 Å². The predicted octanol–water partition coefficient (Wildman–Crippen LogP) is 3.30. The molecule has 4 saturated carbocycles. The van der Waals surface area contributed by atoms with Crippen molar-refractivity contribution in [2.45, 2.75) is 51.9 Å². The number of carbonyl (C=O) groups is 1. The molecule has 1 atom stereocenters. The minimum atomic E-state index is -0.545. The summed E-state index contributed by atoms with van der Waals surface area (Å²) >= 11 is 0. The molecule has 0 aromatic carbocycles. The zero-order valence-electron chi connectivity index (χ0n) is 11.7. The number of rotatable bonds is 4. The molecule has 0 amide bonds. The standard InChI is InChI=1S/C16H23NO2/c1-2-19-15(18)14(10-17)9-16-6-11-3-12(7-16)5-13(4-11)8-16/h11-14H,2-9H2,1H3. The third kappa shape index (κ3) is 2.38. The van der Waals surface area contributed by atoms with Crippen LogP contribution in [0, 0.1) is 40.4 Å². The van der Waals surface area contributed by atoms with Gasteiger partial charge < -0.3 is 4.74 Å². The number of nitrogens with zero attached hydrogens (tertiary/aromatic N) is 1. The fourth-order valence-electron chi connectivity index (χ4n) is 5.40. The molecular weight excluding hydrogens is 238 g/mol. The summed E-state index contributed by atoms with van der Waals surface area (Å²) in [4.78, 5) is 11.9. The summed E-state index contributed by atoms with van der Waals surface area (Å²) in [6, 6.07) is 2.19. The highest BCUT2D eigenvalue weighted by Crippen LogP contribution is 2.62. The van der Waals surface area contributed by atoms with Gasteiger partial charge in [-0.3, -0.25) is 4.79 Å². The summed E-state index contributed by atoms with van der Waals surface area (Å²) in [6.07, 6.45) is 8.68. The summed E-state index contributed by atoms with van der Waals surface area (Å²) in [6.45, 7) is 2.18. The largest absolute Gasteiger partial charge is 0.465 e. The van der Waals surface area contributed by atoms with E-state index in [0.717, 1.165) is 24.2 Å². The van der Waals surface area contributed by atoms with Crippen LogP contribution in [0.3, 0.4) is 0 Å². The predicted molar refractivity (Wildman–Crippen MR) is 71.0 cm³/mol. The van der Waals surface area contributed by atoms with E-state index in [9.17, 15) is 10.1 Å². The topological polar surface area (TPSA) is 50.1 Å². The molecule has 0 aromatic rings. The van der Waals surface area contributed by atoms with E-state index in [-0.39, 0.29) is 11.4 Å². The summed E-state index contributed by atoms with van der Waals surface area (Å²) in [5, 5.41) is 9.27. The van der Waals surface area contributed by atoms with Gasteiger partial charge in [0, 0.05) is 0 Å². The number of carbonyl (C=O) groups excluding carboxylic acids is 1. The Morgan fingerprint density at radius 1 is 1.26 bits per heavy atom. The second-order valence-electron chi connectivity index (χ2n) is 7.06. The zero-order valence-corrected chi connectivity index (χ0v) is 11.7. The molecule has 0 aromatic heterocycles. The van der Waals surface area contributed by atoms with Gasteiger partial charge in [-0.25, -0.2) is 0 Å². The second-order valence-corrected chi connectivity index (χ2v) is 7.06. The number of nitriles is 1. The van der Waals surface area contributed by atoms with Crippen LogP contribution in [0.15, 0.2) is 0 Å². The van der Waals surface area contributed by atoms with E-state index >= 15 is 0 Å². The maximum absolute atomic E-state index is 11.9. The molecule has 0 saturated heterocycles. The lowest BCUT2D eigenvalue weighted by Gasteiger charge is -2.57. The van der Waals surface area contributed by atoms with E-state index in [4.69, 9.17) is 4.74 Å². The molecule has 4 fully saturated rings. The molecule has 0 spiro atoms. The van der Waals surface area contributed by atoms with Crippen molar-refractivity contribution >= 4 is 5.97 Å². The van der Waals surface area contributed by atoms with E-state index in [1.54, 1.807) is 6.92 Å². The fourth-order valence-corrected chi connectivity index (χ4v) is 5.40. The van der Waals surface area contributed by atoms with Crippen LogP contribution in [-0.2, 0) is 9.53 Å². The van der Waals surface area contributed by atoms with Gasteiger partial charge in [-0.1, -0.05) is 0 Å². The number of ether oxygens (including phenoxy) is 1. The van der Waals surface area contributed by atoms with Gasteiger partial charge in [0.15, 0.2) is 0 Å². The first-order valence-corrected chi connectivity index (χ1v) is 7.70. The molecule has 4 aliphatic rings. The number of hydrogen-bond acceptors (Lipinski definition) is 3. The van der Waals surface area contributed by atoms with E-state index in [0.29, 0.717) is 6.61 Å². The first-order valence-electron chi connectivity index (χ1n) is 7.70. The van der Waals surface area contributed by atoms with Crippen molar-refractivity contribution in [2.24, 2.45) is 29.1 Å². The molecule has 0 radical (unpaired) electrons. The quantitative estimate of drug-likeness (QED) is 0.730. The molecule has 4 aliphatic carbocycles. The van der Waals surface area contributed by atoms with E-state index < -0.39 is 5.92 Å². The van der Waals surface area contributed by atoms with Crippen molar-refractivity contribution in [1.29, 1.82) is 5.26 Å². The first kappa shape index (κ1) is 13.0. The number of esters is 1. The van der Waals surface area contributed by atoms with Gasteiger partial charge in [0.2, 0.25) is 0 Å². The smallest absolute Gasteiger partial charge is 0.323 e. The van der Waals surface area contributed by atoms with Crippen LogP contribution < -0.4 is 0 Å². The van der Waals surface area contributed by atoms with Gasteiger partial charge in [-0.15, -0.1) is 0 Å². The highest BCUT2D eigenvalue weighted by Gasteiger charge is 2.52. The maximum Gasteiger partial charge on any atom is 0.323 e. The minimum Gasteiger partial charge on any atom is -0.465 e. The van der Waals surface area contributed by atoms with Gasteiger partial charge in [-0.05, 0) is 75.0 Å². The van der Waals surface area contributed by atoms with E-state index in [2.05, 4.69) is 6.07 Å². The Balaban J connectivity index is 1.71. The van der Waals surface area contributed by atoms with Crippen LogP contribution >= 0.6 is 0 Å². The fraction of sp³-hybridized carbons (Fsp3) is 0.875. The third-order valence-corrected chi connectivity index (χ3v) is 5.53. The summed E-state index contributed by atoms with van der Waals surface area (Å²) < 4.78 is 5.05. The van der Waals surface area contributed by atoms with Crippen molar-refractivity contribution < 1.29 is 9.53 Å².